The smallest absolute Gasteiger partial charge is 0.410 e. The molecule has 6 heteroatoms. The molecule has 2 saturated heterocycles. The molecule has 0 aromatic heterocycles. The Kier molecular flexibility index (Phi) is 4.66. The lowest BCUT2D eigenvalue weighted by atomic mass is 9.85. The van der Waals surface area contributed by atoms with Crippen molar-refractivity contribution in [3.05, 3.63) is 0 Å². The lowest BCUT2D eigenvalue weighted by molar-refractivity contribution is -0.128. The summed E-state index contributed by atoms with van der Waals surface area (Å²) >= 11 is 0. The van der Waals surface area contributed by atoms with Crippen molar-refractivity contribution in [3.63, 3.8) is 0 Å². The Hall–Kier alpha value is -1.43. The van der Waals surface area contributed by atoms with Gasteiger partial charge in [-0.15, -0.1) is 0 Å². The minimum absolute atomic E-state index is 0.127. The number of likely N-dealkylation sites (tertiary alicyclic amines) is 1. The normalized spacial score (nSPS) is 27.7. The predicted octanol–water partition coefficient (Wildman–Crippen LogP) is 1.13. The number of amides is 1. The molecular weight excluding hydrogens is 272 g/mol. The summed E-state index contributed by atoms with van der Waals surface area (Å²) in [4.78, 5) is 37.4. The average Bonchev–Trinajstić information content (AvgIpc) is 2.37. The number of hydrogen-bond acceptors (Lipinski definition) is 5. The van der Waals surface area contributed by atoms with Gasteiger partial charge in [0.2, 0.25) is 0 Å². The number of rotatable bonds is 1. The molecule has 2 aliphatic rings. The highest BCUT2D eigenvalue weighted by Crippen LogP contribution is 2.22. The molecule has 2 unspecified atom stereocenters. The Bertz CT molecular complexity index is 441. The maximum absolute atomic E-state index is 12.1. The van der Waals surface area contributed by atoms with Crippen molar-refractivity contribution in [1.82, 2.24) is 10.2 Å². The molecule has 1 N–H and O–H groups in total. The first kappa shape index (κ1) is 15.9. The number of nitrogens with zero attached hydrogens (tertiary/aromatic N) is 1. The standard InChI is InChI=1S/C15H24N2O4/c1-15(2,3)21-14(20)17-7-5-13(19)11(9-17)12-8-10(18)4-6-16-12/h11-12,16H,4-9H2,1-3H3. The van der Waals surface area contributed by atoms with Crippen molar-refractivity contribution in [2.24, 2.45) is 5.92 Å². The number of nitrogens with one attached hydrogen (secondary N) is 1. The number of Topliss-reactive ketones (excluding diaryl/α,β-unsaturated/α-hetero) is 2. The van der Waals surface area contributed by atoms with Gasteiger partial charge in [0.15, 0.2) is 0 Å². The van der Waals surface area contributed by atoms with Gasteiger partial charge in [-0.05, 0) is 20.8 Å². The molecule has 118 valence electrons. The first-order valence-corrected chi connectivity index (χ1v) is 7.52. The summed E-state index contributed by atoms with van der Waals surface area (Å²) in [6.45, 7) is 6.79. The molecule has 1 amide bonds. The third kappa shape index (κ3) is 4.27. The summed E-state index contributed by atoms with van der Waals surface area (Å²) in [5.41, 5.74) is -0.549. The first-order valence-electron chi connectivity index (χ1n) is 7.52. The lowest BCUT2D eigenvalue weighted by Gasteiger charge is -2.37. The maximum atomic E-state index is 12.1. The van der Waals surface area contributed by atoms with Crippen molar-refractivity contribution in [3.8, 4) is 0 Å². The van der Waals surface area contributed by atoms with Gasteiger partial charge >= 0.3 is 6.09 Å². The fraction of sp³-hybridized carbons (Fsp3) is 0.800. The third-order valence-corrected chi connectivity index (χ3v) is 3.85. The number of carbonyl (C=O) groups is 3. The van der Waals surface area contributed by atoms with Crippen molar-refractivity contribution in [2.75, 3.05) is 19.6 Å². The number of ketones is 2. The van der Waals surface area contributed by atoms with E-state index >= 15 is 0 Å². The molecule has 2 rings (SSSR count). The third-order valence-electron chi connectivity index (χ3n) is 3.85. The highest BCUT2D eigenvalue weighted by atomic mass is 16.6. The summed E-state index contributed by atoms with van der Waals surface area (Å²) < 4.78 is 5.36. The highest BCUT2D eigenvalue weighted by molar-refractivity contribution is 5.86. The number of carbonyl (C=O) groups excluding carboxylic acids is 3. The van der Waals surface area contributed by atoms with Gasteiger partial charge in [0.25, 0.3) is 0 Å². The zero-order chi connectivity index (χ0) is 15.6. The van der Waals surface area contributed by atoms with Crippen LogP contribution in [0, 0.1) is 5.92 Å². The first-order chi connectivity index (χ1) is 9.76. The Morgan fingerprint density at radius 3 is 2.62 bits per heavy atom. The topological polar surface area (TPSA) is 75.7 Å². The largest absolute Gasteiger partial charge is 0.444 e. The number of ether oxygens (including phenoxy) is 1. The van der Waals surface area contributed by atoms with Crippen molar-refractivity contribution in [1.29, 1.82) is 0 Å². The van der Waals surface area contributed by atoms with E-state index in [4.69, 9.17) is 4.74 Å². The van der Waals surface area contributed by atoms with Crippen LogP contribution < -0.4 is 5.32 Å². The molecule has 0 bridgehead atoms. The lowest BCUT2D eigenvalue weighted by Crippen LogP contribution is -2.54. The molecule has 0 saturated carbocycles. The quantitative estimate of drug-likeness (QED) is 0.785. The Labute approximate surface area is 125 Å². The van der Waals surface area contributed by atoms with Crippen LogP contribution in [0.2, 0.25) is 0 Å². The van der Waals surface area contributed by atoms with Gasteiger partial charge < -0.3 is 15.0 Å². The van der Waals surface area contributed by atoms with Gasteiger partial charge in [0.05, 0.1) is 5.92 Å². The Morgan fingerprint density at radius 2 is 2.00 bits per heavy atom. The molecule has 2 atom stereocenters. The predicted molar refractivity (Wildman–Crippen MR) is 77.0 cm³/mol. The van der Waals surface area contributed by atoms with E-state index in [0.717, 1.165) is 0 Å². The zero-order valence-electron chi connectivity index (χ0n) is 13.0. The van der Waals surface area contributed by atoms with E-state index in [1.807, 2.05) is 20.8 Å². The van der Waals surface area contributed by atoms with Gasteiger partial charge in [-0.1, -0.05) is 0 Å². The van der Waals surface area contributed by atoms with E-state index in [0.29, 0.717) is 38.9 Å². The van der Waals surface area contributed by atoms with Crippen molar-refractivity contribution in [2.45, 2.75) is 51.7 Å². The summed E-state index contributed by atoms with van der Waals surface area (Å²) in [6, 6.07) is -0.149. The molecule has 2 heterocycles. The van der Waals surface area contributed by atoms with Crippen LogP contribution in [-0.4, -0.2) is 53.8 Å². The Balaban J connectivity index is 2.00. The molecule has 6 nitrogen and oxygen atoms in total. The minimum Gasteiger partial charge on any atom is -0.444 e. The summed E-state index contributed by atoms with van der Waals surface area (Å²) in [5.74, 6) is -0.00142. The van der Waals surface area contributed by atoms with Crippen LogP contribution in [0.15, 0.2) is 0 Å². The molecule has 2 fully saturated rings. The van der Waals surface area contributed by atoms with Crippen LogP contribution in [0.25, 0.3) is 0 Å². The maximum Gasteiger partial charge on any atom is 0.410 e. The van der Waals surface area contributed by atoms with Crippen LogP contribution in [0.5, 0.6) is 0 Å². The monoisotopic (exact) mass is 296 g/mol. The molecule has 0 spiro atoms. The molecule has 0 radical (unpaired) electrons. The molecule has 0 aromatic carbocycles. The van der Waals surface area contributed by atoms with E-state index < -0.39 is 5.60 Å². The summed E-state index contributed by atoms with van der Waals surface area (Å²) in [7, 11) is 0. The SMILES string of the molecule is CC(C)(C)OC(=O)N1CCC(=O)C(C2CC(=O)CCN2)C1. The van der Waals surface area contributed by atoms with Gasteiger partial charge in [-0.25, -0.2) is 4.79 Å². The van der Waals surface area contributed by atoms with E-state index in [2.05, 4.69) is 5.32 Å². The van der Waals surface area contributed by atoms with E-state index in [1.165, 1.54) is 0 Å². The van der Waals surface area contributed by atoms with Gasteiger partial charge in [0, 0.05) is 44.9 Å². The number of piperidine rings is 2. The minimum atomic E-state index is -0.549. The van der Waals surface area contributed by atoms with Gasteiger partial charge in [-0.3, -0.25) is 9.59 Å². The van der Waals surface area contributed by atoms with Crippen LogP contribution in [-0.2, 0) is 14.3 Å². The molecular formula is C15H24N2O4. The van der Waals surface area contributed by atoms with Crippen molar-refractivity contribution < 1.29 is 19.1 Å². The molecule has 0 aliphatic carbocycles. The fourth-order valence-corrected chi connectivity index (χ4v) is 2.81. The second-order valence-corrected chi connectivity index (χ2v) is 6.80. The van der Waals surface area contributed by atoms with Crippen LogP contribution in [0.3, 0.4) is 0 Å². The van der Waals surface area contributed by atoms with Crippen LogP contribution in [0.1, 0.15) is 40.0 Å². The van der Waals surface area contributed by atoms with Crippen LogP contribution in [0.4, 0.5) is 4.79 Å². The van der Waals surface area contributed by atoms with Gasteiger partial charge in [-0.2, -0.15) is 0 Å². The average molecular weight is 296 g/mol. The highest BCUT2D eigenvalue weighted by Gasteiger charge is 2.38. The number of hydrogen-bond donors (Lipinski definition) is 1. The summed E-state index contributed by atoms with van der Waals surface area (Å²) in [5, 5.41) is 3.24. The fourth-order valence-electron chi connectivity index (χ4n) is 2.81. The van der Waals surface area contributed by atoms with E-state index in [-0.39, 0.29) is 29.6 Å². The second-order valence-electron chi connectivity index (χ2n) is 6.80. The zero-order valence-corrected chi connectivity index (χ0v) is 13.0. The molecule has 2 aliphatic heterocycles. The van der Waals surface area contributed by atoms with E-state index in [9.17, 15) is 14.4 Å². The van der Waals surface area contributed by atoms with Crippen molar-refractivity contribution >= 4 is 17.7 Å². The second kappa shape index (κ2) is 6.13. The van der Waals surface area contributed by atoms with Gasteiger partial charge in [0.1, 0.15) is 17.2 Å². The Morgan fingerprint density at radius 1 is 1.29 bits per heavy atom. The summed E-state index contributed by atoms with van der Waals surface area (Å²) in [6.07, 6.45) is 0.837. The van der Waals surface area contributed by atoms with Crippen LogP contribution >= 0.6 is 0 Å². The molecule has 21 heavy (non-hydrogen) atoms. The molecule has 0 aromatic rings. The van der Waals surface area contributed by atoms with E-state index in [1.54, 1.807) is 4.90 Å².